The van der Waals surface area contributed by atoms with Crippen molar-refractivity contribution < 1.29 is 0 Å². The molecule has 0 saturated carbocycles. The number of hydrogen-bond acceptors (Lipinski definition) is 0. The van der Waals surface area contributed by atoms with Gasteiger partial charge < -0.3 is 0 Å². The van der Waals surface area contributed by atoms with E-state index in [9.17, 15) is 0 Å². The molecule has 0 saturated heterocycles. The number of hydrogen-bond donors (Lipinski definition) is 0. The third kappa shape index (κ3) is 3.16. The Balaban J connectivity index is 3.02. The molecule has 14 heavy (non-hydrogen) atoms. The van der Waals surface area contributed by atoms with Gasteiger partial charge in [0, 0.05) is 0 Å². The highest BCUT2D eigenvalue weighted by atomic mass is 35.8. The molecule has 4 heteroatoms. The molecule has 1 rings (SSSR count). The molecular weight excluding hydrogens is 255 g/mol. The van der Waals surface area contributed by atoms with Gasteiger partial charge in [0.15, 0.2) is 0 Å². The minimum Gasteiger partial charge on any atom is -0.121 e. The molecule has 0 heterocycles. The summed E-state index contributed by atoms with van der Waals surface area (Å²) in [5, 5.41) is 0.843. The second-order valence-corrected chi connectivity index (χ2v) is 12.7. The minimum atomic E-state index is -2.70. The largest absolute Gasteiger partial charge is 0.372 e. The lowest BCUT2D eigenvalue weighted by molar-refractivity contribution is 0.590. The van der Waals surface area contributed by atoms with Gasteiger partial charge in [0.05, 0.1) is 0 Å². The topological polar surface area (TPSA) is 0 Å². The van der Waals surface area contributed by atoms with Crippen molar-refractivity contribution in [1.29, 1.82) is 0 Å². The number of halogens is 3. The van der Waals surface area contributed by atoms with Gasteiger partial charge in [0.25, 0.3) is 0 Å². The lowest BCUT2D eigenvalue weighted by Crippen LogP contribution is -2.30. The quantitative estimate of drug-likeness (QED) is 0.536. The molecule has 0 radical (unpaired) electrons. The molecule has 0 nitrogen and oxygen atoms in total. The molecule has 1 aromatic rings. The molecule has 0 fully saturated rings. The molecule has 0 atom stereocenters. The summed E-state index contributed by atoms with van der Waals surface area (Å²) in [6.45, 7) is 6.48. The Labute approximate surface area is 100 Å². The zero-order chi connectivity index (χ0) is 11.0. The van der Waals surface area contributed by atoms with Gasteiger partial charge in [0.2, 0.25) is 0 Å². The van der Waals surface area contributed by atoms with Crippen LogP contribution in [0.15, 0.2) is 24.3 Å². The van der Waals surface area contributed by atoms with Crippen LogP contribution in [0.4, 0.5) is 0 Å². The van der Waals surface area contributed by atoms with Crippen LogP contribution in [0.1, 0.15) is 26.3 Å². The molecule has 0 N–H and O–H groups in total. The summed E-state index contributed by atoms with van der Waals surface area (Å²) in [6.07, 6.45) is 0. The minimum absolute atomic E-state index is 0.147. The standard InChI is InChI=1S/C10H13Cl3Si/c1-10(2,3)8-4-6-9(7-5-8)14(11,12)13/h4-7H,1-3H3. The van der Waals surface area contributed by atoms with Crippen molar-refractivity contribution >= 4 is 44.4 Å². The Morgan fingerprint density at radius 3 is 1.64 bits per heavy atom. The average molecular weight is 268 g/mol. The zero-order valence-corrected chi connectivity index (χ0v) is 11.7. The molecule has 78 valence electrons. The molecule has 0 spiro atoms. The Kier molecular flexibility index (Phi) is 3.58. The fourth-order valence-corrected chi connectivity index (χ4v) is 2.84. The Hall–Kier alpha value is 0.307. The van der Waals surface area contributed by atoms with E-state index in [-0.39, 0.29) is 5.41 Å². The Morgan fingerprint density at radius 1 is 0.929 bits per heavy atom. The van der Waals surface area contributed by atoms with E-state index in [4.69, 9.17) is 33.2 Å². The van der Waals surface area contributed by atoms with Crippen molar-refractivity contribution in [2.24, 2.45) is 0 Å². The van der Waals surface area contributed by atoms with Crippen molar-refractivity contribution in [3.63, 3.8) is 0 Å². The highest BCUT2D eigenvalue weighted by molar-refractivity contribution is 7.69. The van der Waals surface area contributed by atoms with E-state index in [0.717, 1.165) is 5.19 Å². The van der Waals surface area contributed by atoms with Gasteiger partial charge in [-0.25, -0.2) is 0 Å². The van der Waals surface area contributed by atoms with Crippen molar-refractivity contribution in [1.82, 2.24) is 0 Å². The van der Waals surface area contributed by atoms with Crippen molar-refractivity contribution in [3.8, 4) is 0 Å². The summed E-state index contributed by atoms with van der Waals surface area (Å²) in [5.41, 5.74) is 1.40. The smallest absolute Gasteiger partial charge is 0.121 e. The first-order valence-corrected chi connectivity index (χ1v) is 9.42. The van der Waals surface area contributed by atoms with E-state index in [2.05, 4.69) is 20.8 Å². The Morgan fingerprint density at radius 2 is 1.36 bits per heavy atom. The maximum absolute atomic E-state index is 5.89. The maximum Gasteiger partial charge on any atom is 0.372 e. The summed E-state index contributed by atoms with van der Waals surface area (Å²) in [4.78, 5) is 0. The van der Waals surface area contributed by atoms with Gasteiger partial charge in [-0.3, -0.25) is 0 Å². The molecule has 0 amide bonds. The predicted molar refractivity (Wildman–Crippen MR) is 68.1 cm³/mol. The highest BCUT2D eigenvalue weighted by Gasteiger charge is 2.28. The summed E-state index contributed by atoms with van der Waals surface area (Å²) in [7, 11) is 0. The molecule has 0 aromatic heterocycles. The van der Waals surface area contributed by atoms with E-state index in [1.165, 1.54) is 5.56 Å². The van der Waals surface area contributed by atoms with E-state index >= 15 is 0 Å². The fourth-order valence-electron chi connectivity index (χ4n) is 1.16. The summed E-state index contributed by atoms with van der Waals surface area (Å²) in [5.74, 6) is 0. The molecule has 0 unspecified atom stereocenters. The van der Waals surface area contributed by atoms with Crippen LogP contribution in [-0.2, 0) is 5.41 Å². The summed E-state index contributed by atoms with van der Waals surface area (Å²) in [6, 6.07) is 5.20. The van der Waals surface area contributed by atoms with E-state index in [1.807, 2.05) is 24.3 Å². The highest BCUT2D eigenvalue weighted by Crippen LogP contribution is 2.24. The van der Waals surface area contributed by atoms with Gasteiger partial charge in [-0.2, -0.15) is 0 Å². The van der Waals surface area contributed by atoms with Crippen molar-refractivity contribution in [3.05, 3.63) is 29.8 Å². The molecule has 0 aliphatic rings. The molecule has 0 aliphatic carbocycles. The van der Waals surface area contributed by atoms with Crippen LogP contribution in [-0.4, -0.2) is 6.00 Å². The number of benzene rings is 1. The second-order valence-electron chi connectivity index (χ2n) is 4.33. The lowest BCUT2D eigenvalue weighted by atomic mass is 9.87. The van der Waals surface area contributed by atoms with E-state index < -0.39 is 6.00 Å². The first-order chi connectivity index (χ1) is 6.21. The normalized spacial score (nSPS) is 13.0. The Bertz CT molecular complexity index is 273. The van der Waals surface area contributed by atoms with Crippen LogP contribution >= 0.6 is 33.2 Å². The molecular formula is C10H13Cl3Si. The van der Waals surface area contributed by atoms with Gasteiger partial charge in [-0.05, 0) is 16.2 Å². The van der Waals surface area contributed by atoms with Crippen LogP contribution in [0.25, 0.3) is 0 Å². The monoisotopic (exact) mass is 266 g/mol. The average Bonchev–Trinajstić information content (AvgIpc) is 2.01. The molecule has 1 aromatic carbocycles. The first-order valence-electron chi connectivity index (χ1n) is 4.39. The molecule has 0 aliphatic heterocycles. The third-order valence-electron chi connectivity index (χ3n) is 2.08. The molecule has 0 bridgehead atoms. The van der Waals surface area contributed by atoms with Gasteiger partial charge in [-0.15, -0.1) is 33.2 Å². The van der Waals surface area contributed by atoms with Gasteiger partial charge in [-0.1, -0.05) is 45.0 Å². The van der Waals surface area contributed by atoms with Crippen LogP contribution in [0.5, 0.6) is 0 Å². The van der Waals surface area contributed by atoms with E-state index in [1.54, 1.807) is 0 Å². The first kappa shape index (κ1) is 12.4. The van der Waals surface area contributed by atoms with Crippen LogP contribution in [0.2, 0.25) is 0 Å². The van der Waals surface area contributed by atoms with Crippen LogP contribution in [0, 0.1) is 0 Å². The second kappa shape index (κ2) is 4.05. The summed E-state index contributed by atoms with van der Waals surface area (Å²) >= 11 is 17.7. The number of rotatable bonds is 1. The van der Waals surface area contributed by atoms with Gasteiger partial charge in [0.1, 0.15) is 0 Å². The van der Waals surface area contributed by atoms with Crippen LogP contribution in [0.3, 0.4) is 0 Å². The van der Waals surface area contributed by atoms with Crippen LogP contribution < -0.4 is 5.19 Å². The predicted octanol–water partition coefficient (Wildman–Crippen LogP) is 3.85. The SMILES string of the molecule is CC(C)(C)c1ccc([Si](Cl)(Cl)Cl)cc1. The fraction of sp³-hybridized carbons (Fsp3) is 0.400. The maximum atomic E-state index is 5.89. The van der Waals surface area contributed by atoms with Crippen molar-refractivity contribution in [2.45, 2.75) is 26.2 Å². The van der Waals surface area contributed by atoms with E-state index in [0.29, 0.717) is 0 Å². The summed E-state index contributed by atoms with van der Waals surface area (Å²) < 4.78 is 0. The van der Waals surface area contributed by atoms with Gasteiger partial charge >= 0.3 is 6.00 Å². The van der Waals surface area contributed by atoms with Crippen molar-refractivity contribution in [2.75, 3.05) is 0 Å². The lowest BCUT2D eigenvalue weighted by Gasteiger charge is -2.19. The zero-order valence-electron chi connectivity index (χ0n) is 8.44. The third-order valence-corrected chi connectivity index (χ3v) is 5.03.